The SMILES string of the molecule is COc1cc(OC)c(C(=O)c2ccccc2Cl)cc1OC. The summed E-state index contributed by atoms with van der Waals surface area (Å²) in [6.07, 6.45) is 0. The Morgan fingerprint density at radius 2 is 1.43 bits per heavy atom. The number of ketones is 1. The summed E-state index contributed by atoms with van der Waals surface area (Å²) in [5.74, 6) is 1.11. The minimum absolute atomic E-state index is 0.238. The van der Waals surface area contributed by atoms with Crippen molar-refractivity contribution in [3.63, 3.8) is 0 Å². The van der Waals surface area contributed by atoms with Gasteiger partial charge in [0.2, 0.25) is 0 Å². The predicted octanol–water partition coefficient (Wildman–Crippen LogP) is 3.60. The zero-order chi connectivity index (χ0) is 15.4. The van der Waals surface area contributed by atoms with Crippen LogP contribution in [0.2, 0.25) is 5.02 Å². The van der Waals surface area contributed by atoms with Crippen molar-refractivity contribution in [2.45, 2.75) is 0 Å². The Hall–Kier alpha value is -2.20. The highest BCUT2D eigenvalue weighted by molar-refractivity contribution is 6.35. The smallest absolute Gasteiger partial charge is 0.198 e. The van der Waals surface area contributed by atoms with Crippen LogP contribution in [-0.2, 0) is 0 Å². The molecule has 0 aliphatic carbocycles. The van der Waals surface area contributed by atoms with Gasteiger partial charge in [-0.25, -0.2) is 0 Å². The molecular formula is C16H15ClO4. The van der Waals surface area contributed by atoms with Crippen molar-refractivity contribution in [1.82, 2.24) is 0 Å². The van der Waals surface area contributed by atoms with Crippen LogP contribution in [0.25, 0.3) is 0 Å². The second-order valence-corrected chi connectivity index (χ2v) is 4.62. The van der Waals surface area contributed by atoms with Crippen LogP contribution in [0.4, 0.5) is 0 Å². The molecule has 0 spiro atoms. The van der Waals surface area contributed by atoms with Crippen LogP contribution >= 0.6 is 11.6 Å². The zero-order valence-corrected chi connectivity index (χ0v) is 12.7. The molecule has 0 radical (unpaired) electrons. The minimum atomic E-state index is -0.238. The van der Waals surface area contributed by atoms with Crippen molar-refractivity contribution >= 4 is 17.4 Å². The number of hydrogen-bond donors (Lipinski definition) is 0. The number of benzene rings is 2. The Labute approximate surface area is 128 Å². The molecule has 0 saturated heterocycles. The van der Waals surface area contributed by atoms with Gasteiger partial charge in [0.15, 0.2) is 17.3 Å². The summed E-state index contributed by atoms with van der Waals surface area (Å²) in [5, 5.41) is 0.388. The third-order valence-electron chi connectivity index (χ3n) is 3.07. The molecule has 2 rings (SSSR count). The van der Waals surface area contributed by atoms with Crippen molar-refractivity contribution in [3.8, 4) is 17.2 Å². The summed E-state index contributed by atoms with van der Waals surface area (Å²) in [6, 6.07) is 10.1. The van der Waals surface area contributed by atoms with Crippen LogP contribution in [0, 0.1) is 0 Å². The van der Waals surface area contributed by atoms with Crippen molar-refractivity contribution in [2.24, 2.45) is 0 Å². The third-order valence-corrected chi connectivity index (χ3v) is 3.40. The first kappa shape index (κ1) is 15.2. The highest BCUT2D eigenvalue weighted by Gasteiger charge is 2.20. The van der Waals surface area contributed by atoms with Gasteiger partial charge >= 0.3 is 0 Å². The van der Waals surface area contributed by atoms with Gasteiger partial charge in [-0.15, -0.1) is 0 Å². The van der Waals surface area contributed by atoms with E-state index in [1.165, 1.54) is 21.3 Å². The van der Waals surface area contributed by atoms with Gasteiger partial charge in [-0.3, -0.25) is 4.79 Å². The van der Waals surface area contributed by atoms with E-state index in [0.717, 1.165) is 0 Å². The van der Waals surface area contributed by atoms with Gasteiger partial charge in [-0.1, -0.05) is 23.7 Å². The number of carbonyl (C=O) groups excluding carboxylic acids is 1. The number of rotatable bonds is 5. The van der Waals surface area contributed by atoms with Crippen LogP contribution < -0.4 is 14.2 Å². The van der Waals surface area contributed by atoms with E-state index in [-0.39, 0.29) is 5.78 Å². The number of hydrogen-bond acceptors (Lipinski definition) is 4. The van der Waals surface area contributed by atoms with Crippen molar-refractivity contribution in [1.29, 1.82) is 0 Å². The molecule has 0 N–H and O–H groups in total. The maximum Gasteiger partial charge on any atom is 0.198 e. The van der Waals surface area contributed by atoms with E-state index in [0.29, 0.717) is 33.4 Å². The molecule has 0 heterocycles. The second-order valence-electron chi connectivity index (χ2n) is 4.22. The van der Waals surface area contributed by atoms with Crippen LogP contribution in [0.3, 0.4) is 0 Å². The van der Waals surface area contributed by atoms with Gasteiger partial charge in [0.1, 0.15) is 5.75 Å². The summed E-state index contributed by atoms with van der Waals surface area (Å²) >= 11 is 6.08. The van der Waals surface area contributed by atoms with Crippen LogP contribution in [-0.4, -0.2) is 27.1 Å². The fourth-order valence-corrected chi connectivity index (χ4v) is 2.22. The van der Waals surface area contributed by atoms with Crippen molar-refractivity contribution < 1.29 is 19.0 Å². The van der Waals surface area contributed by atoms with Gasteiger partial charge in [0.05, 0.1) is 31.9 Å². The van der Waals surface area contributed by atoms with E-state index < -0.39 is 0 Å². The predicted molar refractivity (Wildman–Crippen MR) is 81.0 cm³/mol. The van der Waals surface area contributed by atoms with E-state index in [1.54, 1.807) is 36.4 Å². The lowest BCUT2D eigenvalue weighted by molar-refractivity contribution is 0.103. The van der Waals surface area contributed by atoms with Crippen molar-refractivity contribution in [3.05, 3.63) is 52.5 Å². The molecule has 0 fully saturated rings. The zero-order valence-electron chi connectivity index (χ0n) is 12.0. The largest absolute Gasteiger partial charge is 0.496 e. The lowest BCUT2D eigenvalue weighted by Crippen LogP contribution is -2.06. The van der Waals surface area contributed by atoms with Gasteiger partial charge < -0.3 is 14.2 Å². The van der Waals surface area contributed by atoms with Crippen LogP contribution in [0.5, 0.6) is 17.2 Å². The highest BCUT2D eigenvalue weighted by atomic mass is 35.5. The van der Waals surface area contributed by atoms with Crippen molar-refractivity contribution in [2.75, 3.05) is 21.3 Å². The maximum absolute atomic E-state index is 12.7. The highest BCUT2D eigenvalue weighted by Crippen LogP contribution is 2.36. The first-order valence-corrected chi connectivity index (χ1v) is 6.59. The first-order valence-electron chi connectivity index (χ1n) is 6.21. The molecule has 0 aliphatic rings. The number of carbonyl (C=O) groups is 1. The number of methoxy groups -OCH3 is 3. The number of ether oxygens (including phenoxy) is 3. The Morgan fingerprint density at radius 3 is 2.00 bits per heavy atom. The molecule has 0 amide bonds. The van der Waals surface area contributed by atoms with Gasteiger partial charge in [0.25, 0.3) is 0 Å². The molecule has 21 heavy (non-hydrogen) atoms. The van der Waals surface area contributed by atoms with Crippen LogP contribution in [0.1, 0.15) is 15.9 Å². The summed E-state index contributed by atoms with van der Waals surface area (Å²) in [4.78, 5) is 12.7. The third kappa shape index (κ3) is 2.95. The monoisotopic (exact) mass is 306 g/mol. The molecule has 0 aromatic heterocycles. The van der Waals surface area contributed by atoms with Gasteiger partial charge in [-0.05, 0) is 18.2 Å². The fraction of sp³-hybridized carbons (Fsp3) is 0.188. The van der Waals surface area contributed by atoms with E-state index in [2.05, 4.69) is 0 Å². The summed E-state index contributed by atoms with van der Waals surface area (Å²) < 4.78 is 15.7. The lowest BCUT2D eigenvalue weighted by atomic mass is 10.0. The Balaban J connectivity index is 2.57. The molecule has 5 heteroatoms. The fourth-order valence-electron chi connectivity index (χ4n) is 2.00. The molecule has 2 aromatic carbocycles. The normalized spacial score (nSPS) is 10.1. The van der Waals surface area contributed by atoms with Gasteiger partial charge in [-0.2, -0.15) is 0 Å². The molecule has 0 aliphatic heterocycles. The molecule has 0 unspecified atom stereocenters. The molecular weight excluding hydrogens is 292 g/mol. The summed E-state index contributed by atoms with van der Waals surface area (Å²) in [7, 11) is 4.52. The summed E-state index contributed by atoms with van der Waals surface area (Å²) in [5.41, 5.74) is 0.771. The maximum atomic E-state index is 12.7. The number of halogens is 1. The Bertz CT molecular complexity index is 667. The molecule has 4 nitrogen and oxygen atoms in total. The van der Waals surface area contributed by atoms with E-state index in [1.807, 2.05) is 0 Å². The Morgan fingerprint density at radius 1 is 0.857 bits per heavy atom. The summed E-state index contributed by atoms with van der Waals surface area (Å²) in [6.45, 7) is 0. The van der Waals surface area contributed by atoms with E-state index >= 15 is 0 Å². The first-order chi connectivity index (χ1) is 10.1. The van der Waals surface area contributed by atoms with Crippen LogP contribution in [0.15, 0.2) is 36.4 Å². The topological polar surface area (TPSA) is 44.8 Å². The average molecular weight is 307 g/mol. The quantitative estimate of drug-likeness (QED) is 0.792. The minimum Gasteiger partial charge on any atom is -0.496 e. The molecule has 0 atom stereocenters. The van der Waals surface area contributed by atoms with E-state index in [4.69, 9.17) is 25.8 Å². The lowest BCUT2D eigenvalue weighted by Gasteiger charge is -2.13. The standard InChI is InChI=1S/C16H15ClO4/c1-19-13-9-15(21-3)14(20-2)8-11(13)16(18)10-6-4-5-7-12(10)17/h4-9H,1-3H3. The molecule has 0 bridgehead atoms. The average Bonchev–Trinajstić information content (AvgIpc) is 2.53. The molecule has 2 aromatic rings. The van der Waals surface area contributed by atoms with E-state index in [9.17, 15) is 4.79 Å². The molecule has 0 saturated carbocycles. The van der Waals surface area contributed by atoms with Gasteiger partial charge in [0, 0.05) is 11.6 Å². The second kappa shape index (κ2) is 6.50. The Kier molecular flexibility index (Phi) is 4.70. The molecule has 110 valence electrons.